The third kappa shape index (κ3) is 4.73. The largest absolute Gasteiger partial charge is 0.377 e. The van der Waals surface area contributed by atoms with Gasteiger partial charge in [0.25, 0.3) is 0 Å². The van der Waals surface area contributed by atoms with Crippen LogP contribution in [0.15, 0.2) is 17.6 Å². The normalized spacial score (nSPS) is 32.0. The van der Waals surface area contributed by atoms with Crippen LogP contribution < -0.4 is 10.6 Å². The molecule has 3 atom stereocenters. The number of ether oxygens (including phenoxy) is 1. The quantitative estimate of drug-likeness (QED) is 0.277. The number of hydrogen-bond acceptors (Lipinski definition) is 3. The van der Waals surface area contributed by atoms with Crippen molar-refractivity contribution in [3.8, 4) is 0 Å². The van der Waals surface area contributed by atoms with Gasteiger partial charge in [0, 0.05) is 56.2 Å². The van der Waals surface area contributed by atoms with Crippen molar-refractivity contribution < 1.29 is 4.74 Å². The molecular weight excluding hydrogens is 439 g/mol. The average molecular weight is 476 g/mol. The van der Waals surface area contributed by atoms with Crippen molar-refractivity contribution in [1.82, 2.24) is 15.5 Å². The molecule has 150 valence electrons. The molecule has 0 aromatic heterocycles. The second-order valence-electron chi connectivity index (χ2n) is 8.37. The Morgan fingerprint density at radius 1 is 1.27 bits per heavy atom. The van der Waals surface area contributed by atoms with Crippen LogP contribution in [-0.2, 0) is 4.74 Å². The molecule has 0 amide bonds. The summed E-state index contributed by atoms with van der Waals surface area (Å²) in [4.78, 5) is 7.19. The van der Waals surface area contributed by atoms with Crippen LogP contribution in [0.3, 0.4) is 0 Å². The van der Waals surface area contributed by atoms with E-state index in [9.17, 15) is 0 Å². The van der Waals surface area contributed by atoms with Gasteiger partial charge in [-0.05, 0) is 32.6 Å². The predicted molar refractivity (Wildman–Crippen MR) is 119 cm³/mol. The van der Waals surface area contributed by atoms with Crippen molar-refractivity contribution in [1.29, 1.82) is 0 Å². The Bertz CT molecular complexity index is 488. The van der Waals surface area contributed by atoms with E-state index in [2.05, 4.69) is 42.9 Å². The van der Waals surface area contributed by atoms with Crippen LogP contribution in [-0.4, -0.2) is 61.8 Å². The van der Waals surface area contributed by atoms with Gasteiger partial charge < -0.3 is 15.4 Å². The Morgan fingerprint density at radius 2 is 2.00 bits per heavy atom. The first-order valence-corrected chi connectivity index (χ1v) is 10.1. The highest BCUT2D eigenvalue weighted by Crippen LogP contribution is 2.51. The van der Waals surface area contributed by atoms with E-state index in [1.807, 2.05) is 6.08 Å². The van der Waals surface area contributed by atoms with Gasteiger partial charge in [-0.1, -0.05) is 19.9 Å². The van der Waals surface area contributed by atoms with E-state index < -0.39 is 0 Å². The number of rotatable bonds is 5. The highest BCUT2D eigenvalue weighted by atomic mass is 127. The Hall–Kier alpha value is -0.340. The number of piperidine rings is 1. The maximum absolute atomic E-state index is 6.03. The predicted octanol–water partition coefficient (Wildman–Crippen LogP) is 3.01. The summed E-state index contributed by atoms with van der Waals surface area (Å²) in [7, 11) is 0. The van der Waals surface area contributed by atoms with Crippen LogP contribution in [0, 0.1) is 11.3 Å². The highest BCUT2D eigenvalue weighted by Gasteiger charge is 2.58. The molecule has 1 aliphatic carbocycles. The van der Waals surface area contributed by atoms with Crippen molar-refractivity contribution >= 4 is 29.9 Å². The fourth-order valence-electron chi connectivity index (χ4n) is 4.89. The molecule has 2 heterocycles. The monoisotopic (exact) mass is 476 g/mol. The molecule has 0 aromatic carbocycles. The fraction of sp³-hybridized carbons (Fsp3) is 0.850. The second-order valence-corrected chi connectivity index (χ2v) is 8.37. The topological polar surface area (TPSA) is 48.9 Å². The van der Waals surface area contributed by atoms with Crippen molar-refractivity contribution in [2.75, 3.05) is 32.8 Å². The summed E-state index contributed by atoms with van der Waals surface area (Å²) in [6.07, 6.45) is 7.20. The molecule has 1 saturated carbocycles. The lowest BCUT2D eigenvalue weighted by atomic mass is 9.55. The van der Waals surface area contributed by atoms with Crippen LogP contribution in [0.4, 0.5) is 0 Å². The molecule has 2 saturated heterocycles. The zero-order valence-corrected chi connectivity index (χ0v) is 19.0. The number of fused-ring (bicyclic) bond motifs is 1. The van der Waals surface area contributed by atoms with Gasteiger partial charge in [-0.25, -0.2) is 0 Å². The maximum atomic E-state index is 6.03. The smallest absolute Gasteiger partial charge is 0.191 e. The second kappa shape index (κ2) is 9.73. The summed E-state index contributed by atoms with van der Waals surface area (Å²) in [5, 5.41) is 7.45. The zero-order valence-electron chi connectivity index (χ0n) is 16.7. The molecule has 5 nitrogen and oxygen atoms in total. The number of aliphatic imine (C=N–C) groups is 1. The van der Waals surface area contributed by atoms with Gasteiger partial charge >= 0.3 is 0 Å². The molecule has 0 spiro atoms. The van der Waals surface area contributed by atoms with E-state index in [-0.39, 0.29) is 29.4 Å². The molecule has 3 aliphatic rings. The van der Waals surface area contributed by atoms with Gasteiger partial charge in [-0.3, -0.25) is 9.89 Å². The molecule has 6 heteroatoms. The minimum Gasteiger partial charge on any atom is -0.377 e. The minimum absolute atomic E-state index is 0. The Balaban J connectivity index is 0.00000243. The number of likely N-dealkylation sites (tertiary alicyclic amines) is 1. The first-order valence-electron chi connectivity index (χ1n) is 10.1. The molecule has 3 fully saturated rings. The Morgan fingerprint density at radius 3 is 2.65 bits per heavy atom. The molecule has 0 bridgehead atoms. The van der Waals surface area contributed by atoms with E-state index in [0.29, 0.717) is 24.1 Å². The zero-order chi connectivity index (χ0) is 17.9. The van der Waals surface area contributed by atoms with Gasteiger partial charge in [0.05, 0.1) is 6.10 Å². The van der Waals surface area contributed by atoms with E-state index in [1.54, 1.807) is 0 Å². The minimum atomic E-state index is 0. The van der Waals surface area contributed by atoms with Crippen LogP contribution in [0.25, 0.3) is 0 Å². The van der Waals surface area contributed by atoms with Crippen LogP contribution in [0.5, 0.6) is 0 Å². The summed E-state index contributed by atoms with van der Waals surface area (Å²) in [5.41, 5.74) is 0.175. The molecule has 2 N–H and O–H groups in total. The lowest BCUT2D eigenvalue weighted by Gasteiger charge is -2.60. The van der Waals surface area contributed by atoms with E-state index in [0.717, 1.165) is 38.7 Å². The SMILES string of the molecule is C=CCN1CCC(NC(=NCC)NC2C3CCCOC3C2(C)C)CC1.I. The third-order valence-corrected chi connectivity index (χ3v) is 6.26. The van der Waals surface area contributed by atoms with Gasteiger partial charge in [0.15, 0.2) is 5.96 Å². The lowest BCUT2D eigenvalue weighted by molar-refractivity contribution is -0.188. The van der Waals surface area contributed by atoms with Crippen LogP contribution in [0.2, 0.25) is 0 Å². The van der Waals surface area contributed by atoms with Crippen LogP contribution >= 0.6 is 24.0 Å². The standard InChI is InChI=1S/C20H36N4O.HI/c1-5-11-24-12-9-15(10-13-24)22-19(21-6-2)23-17-16-8-7-14-25-18(16)20(17,3)4;/h5,15-18H,1,6-14H2,2-4H3,(H2,21,22,23);1H. The molecule has 0 aromatic rings. The van der Waals surface area contributed by atoms with E-state index >= 15 is 0 Å². The summed E-state index contributed by atoms with van der Waals surface area (Å²) >= 11 is 0. The molecular formula is C20H37IN4O. The van der Waals surface area contributed by atoms with E-state index in [1.165, 1.54) is 25.7 Å². The van der Waals surface area contributed by atoms with Crippen molar-refractivity contribution in [3.63, 3.8) is 0 Å². The Labute approximate surface area is 176 Å². The van der Waals surface area contributed by atoms with Gasteiger partial charge in [-0.2, -0.15) is 0 Å². The van der Waals surface area contributed by atoms with Crippen LogP contribution in [0.1, 0.15) is 46.5 Å². The summed E-state index contributed by atoms with van der Waals surface area (Å²) in [5.74, 6) is 1.62. The lowest BCUT2D eigenvalue weighted by Crippen LogP contribution is -2.71. The molecule has 2 aliphatic heterocycles. The number of halogens is 1. The number of nitrogens with one attached hydrogen (secondary N) is 2. The van der Waals surface area contributed by atoms with Gasteiger partial charge in [-0.15, -0.1) is 30.6 Å². The first-order chi connectivity index (χ1) is 12.1. The maximum Gasteiger partial charge on any atom is 0.191 e. The molecule has 26 heavy (non-hydrogen) atoms. The summed E-state index contributed by atoms with van der Waals surface area (Å²) < 4.78 is 6.03. The molecule has 0 radical (unpaired) electrons. The number of guanidine groups is 1. The summed E-state index contributed by atoms with van der Waals surface area (Å²) in [6, 6.07) is 0.969. The van der Waals surface area contributed by atoms with Crippen molar-refractivity contribution in [3.05, 3.63) is 12.7 Å². The molecule has 3 rings (SSSR count). The fourth-order valence-corrected chi connectivity index (χ4v) is 4.89. The van der Waals surface area contributed by atoms with E-state index in [4.69, 9.17) is 9.73 Å². The highest BCUT2D eigenvalue weighted by molar-refractivity contribution is 14.0. The first kappa shape index (κ1) is 22.0. The number of hydrogen-bond donors (Lipinski definition) is 2. The van der Waals surface area contributed by atoms with Gasteiger partial charge in [0.2, 0.25) is 0 Å². The average Bonchev–Trinajstić information content (AvgIpc) is 2.61. The molecule has 3 unspecified atom stereocenters. The third-order valence-electron chi connectivity index (χ3n) is 6.26. The number of nitrogens with zero attached hydrogens (tertiary/aromatic N) is 2. The summed E-state index contributed by atoms with van der Waals surface area (Å²) in [6.45, 7) is 15.6. The van der Waals surface area contributed by atoms with Crippen molar-refractivity contribution in [2.45, 2.75) is 64.6 Å². The Kier molecular flexibility index (Phi) is 8.22. The van der Waals surface area contributed by atoms with Gasteiger partial charge in [0.1, 0.15) is 0 Å². The van der Waals surface area contributed by atoms with Crippen molar-refractivity contribution in [2.24, 2.45) is 16.3 Å².